The summed E-state index contributed by atoms with van der Waals surface area (Å²) in [5, 5.41) is 0. The van der Waals surface area contributed by atoms with Gasteiger partial charge in [0.05, 0.1) is 13.2 Å². The van der Waals surface area contributed by atoms with Gasteiger partial charge in [-0.1, -0.05) is 142 Å². The monoisotopic (exact) mass is 635 g/mol. The van der Waals surface area contributed by atoms with E-state index in [4.69, 9.17) is 24.3 Å². The number of carbonyl (C=O) groups excluding carboxylic acids is 2. The van der Waals surface area contributed by atoms with Gasteiger partial charge in [-0.2, -0.15) is 0 Å². The number of hydrogen-bond donors (Lipinski definition) is 2. The SMILES string of the molecule is CCCCCCCCCCCCCCCC(=O)OCC(COP(=O)(O)OCCN)OC(=O)CCCCCCCCCCC. The van der Waals surface area contributed by atoms with E-state index in [-0.39, 0.29) is 38.6 Å². The van der Waals surface area contributed by atoms with E-state index in [1.165, 1.54) is 103 Å². The van der Waals surface area contributed by atoms with Crippen LogP contribution in [0.3, 0.4) is 0 Å². The Bertz CT molecular complexity index is 694. The van der Waals surface area contributed by atoms with E-state index in [9.17, 15) is 19.0 Å². The van der Waals surface area contributed by atoms with Crippen molar-refractivity contribution in [3.8, 4) is 0 Å². The minimum atomic E-state index is -4.35. The molecule has 0 rings (SSSR count). The van der Waals surface area contributed by atoms with E-state index in [0.717, 1.165) is 32.1 Å². The third kappa shape index (κ3) is 30.8. The maximum atomic E-state index is 12.4. The minimum absolute atomic E-state index is 0.0574. The van der Waals surface area contributed by atoms with Crippen molar-refractivity contribution in [2.45, 2.75) is 174 Å². The molecular weight excluding hydrogens is 569 g/mol. The van der Waals surface area contributed by atoms with Crippen LogP contribution in [0.2, 0.25) is 0 Å². The van der Waals surface area contributed by atoms with Gasteiger partial charge in [-0.15, -0.1) is 0 Å². The van der Waals surface area contributed by atoms with E-state index in [2.05, 4.69) is 13.8 Å². The predicted octanol–water partition coefficient (Wildman–Crippen LogP) is 8.94. The quantitative estimate of drug-likeness (QED) is 0.0411. The Labute approximate surface area is 263 Å². The number of ether oxygens (including phenoxy) is 2. The third-order valence-corrected chi connectivity index (χ3v) is 8.48. The molecule has 0 fully saturated rings. The van der Waals surface area contributed by atoms with Crippen LogP contribution in [0.25, 0.3) is 0 Å². The van der Waals surface area contributed by atoms with Crippen molar-refractivity contribution >= 4 is 19.8 Å². The van der Waals surface area contributed by atoms with Crippen LogP contribution < -0.4 is 5.73 Å². The standard InChI is InChI=1S/C33H66NO8P/c1-3-5-7-9-11-13-14-15-16-18-19-21-23-25-32(35)39-29-31(30-41-43(37,38)40-28-27-34)42-33(36)26-24-22-20-17-12-10-8-6-4-2/h31H,3-30,34H2,1-2H3,(H,37,38). The number of carbonyl (C=O) groups is 2. The van der Waals surface area contributed by atoms with Crippen LogP contribution in [-0.2, 0) is 32.7 Å². The number of nitrogens with two attached hydrogens (primary N) is 1. The van der Waals surface area contributed by atoms with Crippen LogP contribution in [0.1, 0.15) is 168 Å². The molecule has 0 aromatic heterocycles. The van der Waals surface area contributed by atoms with Gasteiger partial charge < -0.3 is 20.1 Å². The summed E-state index contributed by atoms with van der Waals surface area (Å²) < 4.78 is 32.5. The van der Waals surface area contributed by atoms with Crippen molar-refractivity contribution in [3.05, 3.63) is 0 Å². The maximum absolute atomic E-state index is 12.4. The topological polar surface area (TPSA) is 134 Å². The van der Waals surface area contributed by atoms with Gasteiger partial charge in [0.15, 0.2) is 6.10 Å². The molecule has 0 aliphatic rings. The van der Waals surface area contributed by atoms with Gasteiger partial charge in [0.25, 0.3) is 0 Å². The smallest absolute Gasteiger partial charge is 0.462 e. The van der Waals surface area contributed by atoms with Crippen LogP contribution in [0.4, 0.5) is 0 Å². The summed E-state index contributed by atoms with van der Waals surface area (Å²) >= 11 is 0. The zero-order valence-corrected chi connectivity index (χ0v) is 28.6. The first-order valence-corrected chi connectivity index (χ1v) is 19.0. The highest BCUT2D eigenvalue weighted by Gasteiger charge is 2.25. The maximum Gasteiger partial charge on any atom is 0.472 e. The molecule has 0 aliphatic heterocycles. The second-order valence-corrected chi connectivity index (χ2v) is 13.2. The number of phosphoric ester groups is 1. The first kappa shape index (κ1) is 42.0. The summed E-state index contributed by atoms with van der Waals surface area (Å²) in [7, 11) is -4.35. The molecule has 0 aromatic rings. The van der Waals surface area contributed by atoms with Crippen LogP contribution in [-0.4, -0.2) is 49.3 Å². The van der Waals surface area contributed by atoms with Crippen molar-refractivity contribution in [1.82, 2.24) is 0 Å². The molecule has 0 aromatic carbocycles. The molecule has 9 nitrogen and oxygen atoms in total. The molecule has 10 heteroatoms. The summed E-state index contributed by atoms with van der Waals surface area (Å²) in [4.78, 5) is 34.5. The van der Waals surface area contributed by atoms with Crippen LogP contribution >= 0.6 is 7.82 Å². The fourth-order valence-electron chi connectivity index (χ4n) is 4.87. The van der Waals surface area contributed by atoms with E-state index in [1.54, 1.807) is 0 Å². The van der Waals surface area contributed by atoms with Gasteiger partial charge in [0.1, 0.15) is 6.61 Å². The summed E-state index contributed by atoms with van der Waals surface area (Å²) in [6, 6.07) is 0. The predicted molar refractivity (Wildman–Crippen MR) is 174 cm³/mol. The zero-order valence-electron chi connectivity index (χ0n) is 27.7. The molecule has 43 heavy (non-hydrogen) atoms. The molecule has 0 heterocycles. The summed E-state index contributed by atoms with van der Waals surface area (Å²) in [5.41, 5.74) is 5.31. The van der Waals surface area contributed by atoms with E-state index in [1.807, 2.05) is 0 Å². The Morgan fingerprint density at radius 1 is 0.605 bits per heavy atom. The first-order valence-electron chi connectivity index (χ1n) is 17.5. The molecular formula is C33H66NO8P. The lowest BCUT2D eigenvalue weighted by Crippen LogP contribution is -2.29. The average Bonchev–Trinajstić information content (AvgIpc) is 2.99. The minimum Gasteiger partial charge on any atom is -0.462 e. The second-order valence-electron chi connectivity index (χ2n) is 11.8. The first-order chi connectivity index (χ1) is 20.8. The number of rotatable bonds is 33. The van der Waals surface area contributed by atoms with Gasteiger partial charge in [0, 0.05) is 19.4 Å². The highest BCUT2D eigenvalue weighted by Crippen LogP contribution is 2.43. The van der Waals surface area contributed by atoms with Gasteiger partial charge in [-0.05, 0) is 12.8 Å². The molecule has 256 valence electrons. The Morgan fingerprint density at radius 3 is 1.42 bits per heavy atom. The number of unbranched alkanes of at least 4 members (excludes halogenated alkanes) is 20. The van der Waals surface area contributed by atoms with Gasteiger partial charge in [0.2, 0.25) is 0 Å². The molecule has 0 amide bonds. The molecule has 2 unspecified atom stereocenters. The Balaban J connectivity index is 4.22. The lowest BCUT2D eigenvalue weighted by molar-refractivity contribution is -0.161. The molecule has 3 N–H and O–H groups in total. The summed E-state index contributed by atoms with van der Waals surface area (Å²) in [6.07, 6.45) is 25.7. The highest BCUT2D eigenvalue weighted by atomic mass is 31.2. The third-order valence-electron chi connectivity index (χ3n) is 7.49. The van der Waals surface area contributed by atoms with Crippen molar-refractivity contribution in [3.63, 3.8) is 0 Å². The van der Waals surface area contributed by atoms with Gasteiger partial charge in [-0.25, -0.2) is 4.57 Å². The number of esters is 2. The Morgan fingerprint density at radius 2 is 1.00 bits per heavy atom. The Kier molecular flexibility index (Phi) is 30.3. The van der Waals surface area contributed by atoms with Crippen molar-refractivity contribution in [2.24, 2.45) is 5.73 Å². The van der Waals surface area contributed by atoms with E-state index >= 15 is 0 Å². The molecule has 0 bridgehead atoms. The van der Waals surface area contributed by atoms with E-state index in [0.29, 0.717) is 6.42 Å². The highest BCUT2D eigenvalue weighted by molar-refractivity contribution is 7.47. The Hall–Kier alpha value is -0.990. The number of hydrogen-bond acceptors (Lipinski definition) is 8. The molecule has 0 saturated carbocycles. The zero-order chi connectivity index (χ0) is 31.9. The van der Waals surface area contributed by atoms with Crippen molar-refractivity contribution < 1.29 is 37.6 Å². The molecule has 0 spiro atoms. The molecule has 0 radical (unpaired) electrons. The van der Waals surface area contributed by atoms with E-state index < -0.39 is 26.5 Å². The summed E-state index contributed by atoms with van der Waals surface area (Å²) in [5.74, 6) is -0.825. The second kappa shape index (κ2) is 31.0. The van der Waals surface area contributed by atoms with Crippen LogP contribution in [0.5, 0.6) is 0 Å². The largest absolute Gasteiger partial charge is 0.472 e. The van der Waals surface area contributed by atoms with Crippen molar-refractivity contribution in [2.75, 3.05) is 26.4 Å². The average molecular weight is 636 g/mol. The fourth-order valence-corrected chi connectivity index (χ4v) is 5.63. The fraction of sp³-hybridized carbons (Fsp3) is 0.939. The normalized spacial score (nSPS) is 13.5. The van der Waals surface area contributed by atoms with Crippen LogP contribution in [0, 0.1) is 0 Å². The van der Waals surface area contributed by atoms with Gasteiger partial charge >= 0.3 is 19.8 Å². The van der Waals surface area contributed by atoms with Gasteiger partial charge in [-0.3, -0.25) is 18.6 Å². The lowest BCUT2D eigenvalue weighted by Gasteiger charge is -2.19. The summed E-state index contributed by atoms with van der Waals surface area (Å²) in [6.45, 7) is 3.70. The van der Waals surface area contributed by atoms with Crippen LogP contribution in [0.15, 0.2) is 0 Å². The molecule has 0 saturated heterocycles. The number of phosphoric acid groups is 1. The van der Waals surface area contributed by atoms with Crippen molar-refractivity contribution in [1.29, 1.82) is 0 Å². The molecule has 2 atom stereocenters. The lowest BCUT2D eigenvalue weighted by atomic mass is 10.0. The molecule has 0 aliphatic carbocycles.